The molecule has 0 saturated carbocycles. The summed E-state index contributed by atoms with van der Waals surface area (Å²) in [4.78, 5) is 0. The molecule has 0 radical (unpaired) electrons. The zero-order valence-electron chi connectivity index (χ0n) is 11.7. The number of unbranched alkanes of at least 4 members (excludes halogenated alkanes) is 1. The molecule has 2 unspecified atom stereocenters. The van der Waals surface area contributed by atoms with Crippen LogP contribution in [0.5, 0.6) is 0 Å². The maximum atomic E-state index is 10.8. The Kier molecular flexibility index (Phi) is 6.37. The van der Waals surface area contributed by atoms with Gasteiger partial charge in [-0.15, -0.1) is 0 Å². The summed E-state index contributed by atoms with van der Waals surface area (Å²) in [6.07, 6.45) is 5.50. The first-order valence-electron chi connectivity index (χ1n) is 7.14. The van der Waals surface area contributed by atoms with Crippen LogP contribution in [0.4, 0.5) is 0 Å². The number of benzene rings is 1. The Balaban J connectivity index is 2.75. The van der Waals surface area contributed by atoms with Gasteiger partial charge >= 0.3 is 0 Å². The second-order valence-corrected chi connectivity index (χ2v) is 5.22. The summed E-state index contributed by atoms with van der Waals surface area (Å²) >= 11 is 0. The number of hydrogen-bond donors (Lipinski definition) is 2. The minimum absolute atomic E-state index is 0.291. The van der Waals surface area contributed by atoms with E-state index < -0.39 is 5.60 Å². The third-order valence-electron chi connectivity index (χ3n) is 3.82. The van der Waals surface area contributed by atoms with Gasteiger partial charge in [-0.1, -0.05) is 69.9 Å². The lowest BCUT2D eigenvalue weighted by atomic mass is 9.81. The van der Waals surface area contributed by atoms with Crippen LogP contribution in [0.1, 0.15) is 51.5 Å². The fourth-order valence-electron chi connectivity index (χ4n) is 2.49. The number of hydrogen-bond acceptors (Lipinski definition) is 2. The van der Waals surface area contributed by atoms with Gasteiger partial charge in [0, 0.05) is 6.54 Å². The Bertz CT molecular complexity index is 325. The molecule has 18 heavy (non-hydrogen) atoms. The highest BCUT2D eigenvalue weighted by atomic mass is 16.3. The summed E-state index contributed by atoms with van der Waals surface area (Å²) in [7, 11) is 0. The first kappa shape index (κ1) is 15.2. The summed E-state index contributed by atoms with van der Waals surface area (Å²) < 4.78 is 0. The minimum Gasteiger partial charge on any atom is -0.384 e. The lowest BCUT2D eigenvalue weighted by Crippen LogP contribution is -2.37. The van der Waals surface area contributed by atoms with Crippen molar-refractivity contribution in [1.29, 1.82) is 0 Å². The molecule has 0 heterocycles. The smallest absolute Gasteiger partial charge is 0.102 e. The summed E-state index contributed by atoms with van der Waals surface area (Å²) in [5.74, 6) is 0.554. The minimum atomic E-state index is -0.865. The van der Waals surface area contributed by atoms with Gasteiger partial charge in [0.15, 0.2) is 0 Å². The highest BCUT2D eigenvalue weighted by molar-refractivity contribution is 5.22. The van der Waals surface area contributed by atoms with E-state index in [2.05, 4.69) is 13.8 Å². The summed E-state index contributed by atoms with van der Waals surface area (Å²) in [6.45, 7) is 4.70. The van der Waals surface area contributed by atoms with Crippen LogP contribution in [0.25, 0.3) is 0 Å². The van der Waals surface area contributed by atoms with Crippen LogP contribution >= 0.6 is 0 Å². The molecule has 2 heteroatoms. The molecule has 102 valence electrons. The van der Waals surface area contributed by atoms with Gasteiger partial charge in [-0.25, -0.2) is 0 Å². The average Bonchev–Trinajstić information content (AvgIpc) is 2.44. The Labute approximate surface area is 111 Å². The Morgan fingerprint density at radius 3 is 2.39 bits per heavy atom. The van der Waals surface area contributed by atoms with Crippen LogP contribution in [0, 0.1) is 5.92 Å². The first-order chi connectivity index (χ1) is 8.66. The molecule has 0 amide bonds. The molecule has 2 nitrogen and oxygen atoms in total. The number of rotatable bonds is 8. The molecule has 0 fully saturated rings. The number of nitrogens with two attached hydrogens (primary N) is 1. The van der Waals surface area contributed by atoms with Gasteiger partial charge in [0.2, 0.25) is 0 Å². The molecule has 0 aliphatic rings. The van der Waals surface area contributed by atoms with E-state index in [1.165, 1.54) is 19.3 Å². The van der Waals surface area contributed by atoms with Gasteiger partial charge in [-0.3, -0.25) is 0 Å². The molecule has 0 aliphatic carbocycles. The molecular weight excluding hydrogens is 222 g/mol. The van der Waals surface area contributed by atoms with Gasteiger partial charge in [0.25, 0.3) is 0 Å². The van der Waals surface area contributed by atoms with Gasteiger partial charge in [-0.05, 0) is 17.9 Å². The normalized spacial score (nSPS) is 16.2. The molecule has 0 saturated heterocycles. The summed E-state index contributed by atoms with van der Waals surface area (Å²) in [6, 6.07) is 9.83. The van der Waals surface area contributed by atoms with Gasteiger partial charge in [0.05, 0.1) is 0 Å². The van der Waals surface area contributed by atoms with Crippen LogP contribution in [0.2, 0.25) is 0 Å². The second-order valence-electron chi connectivity index (χ2n) is 5.22. The molecule has 1 aromatic carbocycles. The molecule has 1 aromatic rings. The lowest BCUT2D eigenvalue weighted by molar-refractivity contribution is 0.0173. The van der Waals surface area contributed by atoms with Crippen LogP contribution in [0.15, 0.2) is 30.3 Å². The van der Waals surface area contributed by atoms with E-state index in [1.54, 1.807) is 0 Å². The molecule has 1 rings (SSSR count). The molecule has 2 atom stereocenters. The Morgan fingerprint density at radius 2 is 1.89 bits per heavy atom. The van der Waals surface area contributed by atoms with Crippen LogP contribution in [0.3, 0.4) is 0 Å². The van der Waals surface area contributed by atoms with E-state index in [0.717, 1.165) is 18.4 Å². The van der Waals surface area contributed by atoms with Gasteiger partial charge < -0.3 is 10.8 Å². The predicted octanol–water partition coefficient (Wildman–Crippen LogP) is 3.44. The zero-order chi connectivity index (χ0) is 13.4. The third kappa shape index (κ3) is 4.11. The molecule has 0 aliphatic heterocycles. The standard InChI is InChI=1S/C16H27NO/c1-3-5-9-14(4-2)12-16(18,13-17)15-10-7-6-8-11-15/h6-8,10-11,14,18H,3-5,9,12-13,17H2,1-2H3. The van der Waals surface area contributed by atoms with Crippen molar-refractivity contribution in [3.05, 3.63) is 35.9 Å². The van der Waals surface area contributed by atoms with Gasteiger partial charge in [-0.2, -0.15) is 0 Å². The van der Waals surface area contributed by atoms with E-state index in [9.17, 15) is 5.11 Å². The van der Waals surface area contributed by atoms with Crippen molar-refractivity contribution >= 4 is 0 Å². The zero-order valence-corrected chi connectivity index (χ0v) is 11.7. The first-order valence-corrected chi connectivity index (χ1v) is 7.14. The van der Waals surface area contributed by atoms with Crippen LogP contribution in [-0.2, 0) is 5.60 Å². The predicted molar refractivity (Wildman–Crippen MR) is 77.3 cm³/mol. The Morgan fingerprint density at radius 1 is 1.22 bits per heavy atom. The fraction of sp³-hybridized carbons (Fsp3) is 0.625. The maximum Gasteiger partial charge on any atom is 0.102 e. The van der Waals surface area contributed by atoms with E-state index in [4.69, 9.17) is 5.73 Å². The largest absolute Gasteiger partial charge is 0.384 e. The van der Waals surface area contributed by atoms with Crippen LogP contribution < -0.4 is 5.73 Å². The highest BCUT2D eigenvalue weighted by Gasteiger charge is 2.30. The van der Waals surface area contributed by atoms with Crippen molar-refractivity contribution in [2.24, 2.45) is 11.7 Å². The molecule has 0 spiro atoms. The molecule has 0 aromatic heterocycles. The monoisotopic (exact) mass is 249 g/mol. The van der Waals surface area contributed by atoms with Crippen molar-refractivity contribution < 1.29 is 5.11 Å². The topological polar surface area (TPSA) is 46.2 Å². The SMILES string of the molecule is CCCCC(CC)CC(O)(CN)c1ccccc1. The second kappa shape index (κ2) is 7.55. The highest BCUT2D eigenvalue weighted by Crippen LogP contribution is 2.31. The van der Waals surface area contributed by atoms with Crippen molar-refractivity contribution in [1.82, 2.24) is 0 Å². The molecular formula is C16H27NO. The van der Waals surface area contributed by atoms with E-state index in [1.807, 2.05) is 30.3 Å². The molecule has 3 N–H and O–H groups in total. The molecule has 0 bridgehead atoms. The summed E-state index contributed by atoms with van der Waals surface area (Å²) in [5.41, 5.74) is 5.90. The van der Waals surface area contributed by atoms with Crippen molar-refractivity contribution in [2.45, 2.75) is 51.6 Å². The van der Waals surface area contributed by atoms with Crippen LogP contribution in [-0.4, -0.2) is 11.7 Å². The van der Waals surface area contributed by atoms with Crippen molar-refractivity contribution in [2.75, 3.05) is 6.54 Å². The van der Waals surface area contributed by atoms with Crippen molar-refractivity contribution in [3.63, 3.8) is 0 Å². The van der Waals surface area contributed by atoms with Gasteiger partial charge in [0.1, 0.15) is 5.60 Å². The van der Waals surface area contributed by atoms with E-state index in [-0.39, 0.29) is 0 Å². The average molecular weight is 249 g/mol. The van der Waals surface area contributed by atoms with E-state index >= 15 is 0 Å². The van der Waals surface area contributed by atoms with Crippen molar-refractivity contribution in [3.8, 4) is 0 Å². The lowest BCUT2D eigenvalue weighted by Gasteiger charge is -2.31. The van der Waals surface area contributed by atoms with E-state index in [0.29, 0.717) is 12.5 Å². The number of aliphatic hydroxyl groups is 1. The Hall–Kier alpha value is -0.860. The maximum absolute atomic E-state index is 10.8. The summed E-state index contributed by atoms with van der Waals surface area (Å²) in [5, 5.41) is 10.8. The quantitative estimate of drug-likeness (QED) is 0.741. The third-order valence-corrected chi connectivity index (χ3v) is 3.82. The fourth-order valence-corrected chi connectivity index (χ4v) is 2.49.